The number of nitrogens with zero attached hydrogens (tertiary/aromatic N) is 1. The number of rotatable bonds is 8. The van der Waals surface area contributed by atoms with Gasteiger partial charge in [-0.15, -0.1) is 0 Å². The Morgan fingerprint density at radius 1 is 1.00 bits per heavy atom. The molecule has 0 unspecified atom stereocenters. The van der Waals surface area contributed by atoms with Crippen LogP contribution in [0.3, 0.4) is 0 Å². The minimum Gasteiger partial charge on any atom is -0.334 e. The van der Waals surface area contributed by atoms with Gasteiger partial charge < -0.3 is 10.6 Å². The van der Waals surface area contributed by atoms with Crippen molar-refractivity contribution in [3.05, 3.63) is 71.3 Å². The third kappa shape index (κ3) is 6.32. The third-order valence-corrected chi connectivity index (χ3v) is 4.62. The molecule has 0 radical (unpaired) electrons. The number of hydrogen-bond acceptors (Lipinski definition) is 4. The Morgan fingerprint density at radius 2 is 1.64 bits per heavy atom. The molecule has 0 spiro atoms. The van der Waals surface area contributed by atoms with E-state index in [0.717, 1.165) is 12.0 Å². The van der Waals surface area contributed by atoms with E-state index in [4.69, 9.17) is 5.73 Å². The van der Waals surface area contributed by atoms with Gasteiger partial charge in [-0.25, -0.2) is 8.42 Å². The minimum absolute atomic E-state index is 0.0254. The van der Waals surface area contributed by atoms with Gasteiger partial charge in [0.25, 0.3) is 5.91 Å². The van der Waals surface area contributed by atoms with E-state index in [1.807, 2.05) is 30.3 Å². The lowest BCUT2D eigenvalue weighted by Crippen LogP contribution is -2.32. The zero-order valence-corrected chi connectivity index (χ0v) is 15.2. The lowest BCUT2D eigenvalue weighted by atomic mass is 10.1. The molecule has 6 heteroatoms. The van der Waals surface area contributed by atoms with E-state index in [1.54, 1.807) is 29.2 Å². The summed E-state index contributed by atoms with van der Waals surface area (Å²) < 4.78 is 22.7. The Kier molecular flexibility index (Phi) is 6.73. The van der Waals surface area contributed by atoms with E-state index in [2.05, 4.69) is 0 Å². The van der Waals surface area contributed by atoms with Crippen LogP contribution in [0.5, 0.6) is 0 Å². The predicted molar refractivity (Wildman–Crippen MR) is 99.8 cm³/mol. The van der Waals surface area contributed by atoms with Gasteiger partial charge in [0.1, 0.15) is 0 Å². The molecule has 134 valence electrons. The highest BCUT2D eigenvalue weighted by atomic mass is 32.2. The summed E-state index contributed by atoms with van der Waals surface area (Å²) in [4.78, 5) is 14.6. The third-order valence-electron chi connectivity index (χ3n) is 3.77. The largest absolute Gasteiger partial charge is 0.334 e. The molecule has 0 atom stereocenters. The summed E-state index contributed by atoms with van der Waals surface area (Å²) in [5.74, 6) is -0.106. The normalized spacial score (nSPS) is 11.3. The second kappa shape index (κ2) is 8.78. The number of nitrogens with two attached hydrogens (primary N) is 1. The maximum absolute atomic E-state index is 12.8. The monoisotopic (exact) mass is 360 g/mol. The number of benzene rings is 2. The first-order chi connectivity index (χ1) is 11.9. The molecule has 2 rings (SSSR count). The van der Waals surface area contributed by atoms with Gasteiger partial charge >= 0.3 is 0 Å². The summed E-state index contributed by atoms with van der Waals surface area (Å²) >= 11 is 0. The van der Waals surface area contributed by atoms with Crippen molar-refractivity contribution >= 4 is 15.7 Å². The summed E-state index contributed by atoms with van der Waals surface area (Å²) in [6.07, 6.45) is 1.92. The fourth-order valence-electron chi connectivity index (χ4n) is 2.57. The molecule has 0 aromatic heterocycles. The van der Waals surface area contributed by atoms with Crippen LogP contribution < -0.4 is 5.73 Å². The van der Waals surface area contributed by atoms with Crippen LogP contribution in [-0.2, 0) is 22.1 Å². The fourth-order valence-corrected chi connectivity index (χ4v) is 3.37. The van der Waals surface area contributed by atoms with Gasteiger partial charge in [0.15, 0.2) is 9.84 Å². The van der Waals surface area contributed by atoms with Crippen LogP contribution in [0, 0.1) is 0 Å². The van der Waals surface area contributed by atoms with Crippen molar-refractivity contribution < 1.29 is 13.2 Å². The van der Waals surface area contributed by atoms with Crippen molar-refractivity contribution in [1.29, 1.82) is 0 Å². The number of sulfone groups is 1. The molecule has 0 fully saturated rings. The Labute approximate surface area is 149 Å². The summed E-state index contributed by atoms with van der Waals surface area (Å²) in [5, 5.41) is 0. The van der Waals surface area contributed by atoms with Gasteiger partial charge in [0, 0.05) is 24.9 Å². The summed E-state index contributed by atoms with van der Waals surface area (Å²) in [6.45, 7) is 1.62. The Morgan fingerprint density at radius 3 is 2.20 bits per heavy atom. The molecule has 0 saturated heterocycles. The quantitative estimate of drug-likeness (QED) is 0.783. The van der Waals surface area contributed by atoms with Crippen LogP contribution in [-0.4, -0.2) is 38.6 Å². The van der Waals surface area contributed by atoms with E-state index in [0.29, 0.717) is 30.8 Å². The van der Waals surface area contributed by atoms with Crippen molar-refractivity contribution in [3.8, 4) is 0 Å². The molecular weight excluding hydrogens is 336 g/mol. The van der Waals surface area contributed by atoms with E-state index in [1.165, 1.54) is 6.26 Å². The molecule has 2 aromatic rings. The van der Waals surface area contributed by atoms with Crippen molar-refractivity contribution in [2.75, 3.05) is 19.3 Å². The van der Waals surface area contributed by atoms with Crippen molar-refractivity contribution in [2.24, 2.45) is 5.73 Å². The zero-order chi connectivity index (χ0) is 18.3. The first kappa shape index (κ1) is 19.1. The topological polar surface area (TPSA) is 80.5 Å². The van der Waals surface area contributed by atoms with Crippen LogP contribution >= 0.6 is 0 Å². The van der Waals surface area contributed by atoms with Crippen LogP contribution in [0.15, 0.2) is 54.6 Å². The maximum Gasteiger partial charge on any atom is 0.254 e. The van der Waals surface area contributed by atoms with Gasteiger partial charge in [0.05, 0.1) is 5.75 Å². The molecule has 0 bridgehead atoms. The van der Waals surface area contributed by atoms with Gasteiger partial charge in [-0.05, 0) is 36.2 Å². The Bertz CT molecular complexity index is 787. The molecule has 0 aliphatic carbocycles. The van der Waals surface area contributed by atoms with Gasteiger partial charge in [-0.3, -0.25) is 4.79 Å². The molecule has 0 aliphatic heterocycles. The summed E-state index contributed by atoms with van der Waals surface area (Å²) in [7, 11) is -3.09. The second-order valence-electron chi connectivity index (χ2n) is 6.12. The molecule has 2 aromatic carbocycles. The van der Waals surface area contributed by atoms with Gasteiger partial charge in [-0.2, -0.15) is 0 Å². The van der Waals surface area contributed by atoms with E-state index in [-0.39, 0.29) is 11.7 Å². The molecule has 25 heavy (non-hydrogen) atoms. The van der Waals surface area contributed by atoms with Crippen LogP contribution in [0.25, 0.3) is 0 Å². The summed E-state index contributed by atoms with van der Waals surface area (Å²) in [6, 6.07) is 16.6. The average molecular weight is 360 g/mol. The molecular formula is C19H24N2O3S. The maximum atomic E-state index is 12.8. The molecule has 5 nitrogen and oxygen atoms in total. The average Bonchev–Trinajstić information content (AvgIpc) is 2.58. The zero-order valence-electron chi connectivity index (χ0n) is 14.4. The SMILES string of the molecule is CS(=O)(=O)Cc1ccc(C(=O)N(CCCN)Cc2ccccc2)cc1. The number of hydrogen-bond donors (Lipinski definition) is 1. The van der Waals surface area contributed by atoms with E-state index < -0.39 is 9.84 Å². The number of amides is 1. The van der Waals surface area contributed by atoms with Crippen LogP contribution in [0.1, 0.15) is 27.9 Å². The van der Waals surface area contributed by atoms with Crippen molar-refractivity contribution in [2.45, 2.75) is 18.7 Å². The predicted octanol–water partition coefficient (Wildman–Crippen LogP) is 2.22. The second-order valence-corrected chi connectivity index (χ2v) is 8.26. The minimum atomic E-state index is -3.09. The van der Waals surface area contributed by atoms with Gasteiger partial charge in [-0.1, -0.05) is 42.5 Å². The summed E-state index contributed by atoms with van der Waals surface area (Å²) in [5.41, 5.74) is 7.87. The molecule has 0 saturated carbocycles. The van der Waals surface area contributed by atoms with Crippen molar-refractivity contribution in [3.63, 3.8) is 0 Å². The highest BCUT2D eigenvalue weighted by Crippen LogP contribution is 2.13. The highest BCUT2D eigenvalue weighted by Gasteiger charge is 2.16. The lowest BCUT2D eigenvalue weighted by molar-refractivity contribution is 0.0742. The first-order valence-corrected chi connectivity index (χ1v) is 10.2. The molecule has 0 heterocycles. The smallest absolute Gasteiger partial charge is 0.254 e. The first-order valence-electron chi connectivity index (χ1n) is 8.19. The molecule has 0 aliphatic rings. The Balaban J connectivity index is 2.14. The van der Waals surface area contributed by atoms with E-state index >= 15 is 0 Å². The Hall–Kier alpha value is -2.18. The number of carbonyl (C=O) groups excluding carboxylic acids is 1. The highest BCUT2D eigenvalue weighted by molar-refractivity contribution is 7.89. The lowest BCUT2D eigenvalue weighted by Gasteiger charge is -2.23. The molecule has 2 N–H and O–H groups in total. The van der Waals surface area contributed by atoms with Crippen LogP contribution in [0.4, 0.5) is 0 Å². The molecule has 1 amide bonds. The standard InChI is InChI=1S/C19H24N2O3S/c1-25(23,24)15-17-8-10-18(11-9-17)19(22)21(13-5-12-20)14-16-6-3-2-4-7-16/h2-4,6-11H,5,12-15,20H2,1H3. The van der Waals surface area contributed by atoms with Crippen molar-refractivity contribution in [1.82, 2.24) is 4.90 Å². The number of carbonyl (C=O) groups is 1. The van der Waals surface area contributed by atoms with Crippen LogP contribution in [0.2, 0.25) is 0 Å². The fraction of sp³-hybridized carbons (Fsp3) is 0.316. The van der Waals surface area contributed by atoms with Gasteiger partial charge in [0.2, 0.25) is 0 Å². The van der Waals surface area contributed by atoms with E-state index in [9.17, 15) is 13.2 Å².